The Morgan fingerprint density at radius 2 is 2.00 bits per heavy atom. The van der Waals surface area contributed by atoms with Crippen molar-refractivity contribution in [3.8, 4) is 0 Å². The van der Waals surface area contributed by atoms with E-state index in [1.807, 2.05) is 44.2 Å². The molecule has 0 radical (unpaired) electrons. The van der Waals surface area contributed by atoms with Crippen molar-refractivity contribution in [2.75, 3.05) is 28.3 Å². The molecule has 140 valence electrons. The van der Waals surface area contributed by atoms with Crippen LogP contribution in [0.3, 0.4) is 0 Å². The first-order valence-corrected chi connectivity index (χ1v) is 10.9. The molecule has 1 aliphatic heterocycles. The van der Waals surface area contributed by atoms with Gasteiger partial charge in [0.25, 0.3) is 0 Å². The van der Waals surface area contributed by atoms with Gasteiger partial charge in [-0.15, -0.1) is 0 Å². The lowest BCUT2D eigenvalue weighted by atomic mass is 10.2. The average molecular weight is 395 g/mol. The summed E-state index contributed by atoms with van der Waals surface area (Å²) in [5.74, 6) is 2.58. The van der Waals surface area contributed by atoms with Crippen molar-refractivity contribution in [2.24, 2.45) is 0 Å². The van der Waals surface area contributed by atoms with E-state index in [4.69, 9.17) is 11.6 Å². The molecule has 8 heteroatoms. The lowest BCUT2D eigenvalue weighted by Gasteiger charge is -2.28. The van der Waals surface area contributed by atoms with Gasteiger partial charge in [0.2, 0.25) is 0 Å². The second kappa shape index (κ2) is 7.80. The van der Waals surface area contributed by atoms with Gasteiger partial charge in [-0.25, -0.2) is 18.4 Å². The first kappa shape index (κ1) is 18.9. The van der Waals surface area contributed by atoms with E-state index in [0.717, 1.165) is 17.2 Å². The highest BCUT2D eigenvalue weighted by Crippen LogP contribution is 2.24. The Labute approximate surface area is 159 Å². The van der Waals surface area contributed by atoms with Crippen LogP contribution in [0.1, 0.15) is 24.7 Å². The molecule has 26 heavy (non-hydrogen) atoms. The predicted octanol–water partition coefficient (Wildman–Crippen LogP) is 3.06. The fourth-order valence-electron chi connectivity index (χ4n) is 3.21. The Morgan fingerprint density at radius 1 is 1.27 bits per heavy atom. The summed E-state index contributed by atoms with van der Waals surface area (Å²) in [6.07, 6.45) is 0.646. The first-order chi connectivity index (χ1) is 12.4. The van der Waals surface area contributed by atoms with Crippen LogP contribution in [0.4, 0.5) is 11.6 Å². The molecule has 1 N–H and O–H groups in total. The summed E-state index contributed by atoms with van der Waals surface area (Å²) >= 11 is 5.91. The molecule has 1 aliphatic rings. The van der Waals surface area contributed by atoms with Gasteiger partial charge in [0.05, 0.1) is 11.5 Å². The maximum absolute atomic E-state index is 11.8. The first-order valence-electron chi connectivity index (χ1n) is 8.67. The minimum absolute atomic E-state index is 0.0246. The summed E-state index contributed by atoms with van der Waals surface area (Å²) in [4.78, 5) is 11.0. The summed E-state index contributed by atoms with van der Waals surface area (Å²) in [5.41, 5.74) is 1.10. The molecule has 0 aliphatic carbocycles. The lowest BCUT2D eigenvalue weighted by molar-refractivity contribution is 0.599. The topological polar surface area (TPSA) is 75.2 Å². The SMILES string of the molecule is CCN(c1cc(NCc2ccc(Cl)cc2)nc(C)n1)C1CCS(=O)(=O)C1. The highest BCUT2D eigenvalue weighted by Gasteiger charge is 2.32. The van der Waals surface area contributed by atoms with Crippen LogP contribution < -0.4 is 10.2 Å². The number of hydrogen-bond acceptors (Lipinski definition) is 6. The fourth-order valence-corrected chi connectivity index (χ4v) is 5.07. The average Bonchev–Trinajstić information content (AvgIpc) is 2.94. The Kier molecular flexibility index (Phi) is 5.67. The molecule has 0 amide bonds. The molecule has 1 unspecified atom stereocenters. The number of nitrogens with one attached hydrogen (secondary N) is 1. The van der Waals surface area contributed by atoms with Gasteiger partial charge >= 0.3 is 0 Å². The molecule has 2 heterocycles. The van der Waals surface area contributed by atoms with Crippen LogP contribution in [-0.2, 0) is 16.4 Å². The third-order valence-corrected chi connectivity index (χ3v) is 6.50. The van der Waals surface area contributed by atoms with E-state index < -0.39 is 9.84 Å². The normalized spacial score (nSPS) is 18.7. The van der Waals surface area contributed by atoms with Crippen molar-refractivity contribution in [3.05, 3.63) is 46.7 Å². The summed E-state index contributed by atoms with van der Waals surface area (Å²) in [5, 5.41) is 4.02. The van der Waals surface area contributed by atoms with Gasteiger partial charge in [-0.05, 0) is 38.0 Å². The molecule has 2 aromatic rings. The fraction of sp³-hybridized carbons (Fsp3) is 0.444. The van der Waals surface area contributed by atoms with Crippen molar-refractivity contribution in [3.63, 3.8) is 0 Å². The second-order valence-corrected chi connectivity index (χ2v) is 9.15. The molecular weight excluding hydrogens is 372 g/mol. The zero-order valence-electron chi connectivity index (χ0n) is 14.9. The van der Waals surface area contributed by atoms with Crippen LogP contribution in [0.15, 0.2) is 30.3 Å². The molecule has 0 bridgehead atoms. The lowest BCUT2D eigenvalue weighted by Crippen LogP contribution is -2.37. The van der Waals surface area contributed by atoms with Gasteiger partial charge in [-0.3, -0.25) is 0 Å². The van der Waals surface area contributed by atoms with E-state index in [1.54, 1.807) is 0 Å². The van der Waals surface area contributed by atoms with Crippen molar-refractivity contribution >= 4 is 33.1 Å². The Morgan fingerprint density at radius 3 is 2.62 bits per heavy atom. The maximum atomic E-state index is 11.8. The standard InChI is InChI=1S/C18H23ClN4O2S/c1-3-23(16-8-9-26(24,25)12-16)18-10-17(21-13(2)22-18)20-11-14-4-6-15(19)7-5-14/h4-7,10,16H,3,8-9,11-12H2,1-2H3,(H,20,21,22). The highest BCUT2D eigenvalue weighted by atomic mass is 35.5. The van der Waals surface area contributed by atoms with E-state index in [1.165, 1.54) is 0 Å². The maximum Gasteiger partial charge on any atom is 0.152 e. The number of anilines is 2. The Balaban J connectivity index is 1.76. The second-order valence-electron chi connectivity index (χ2n) is 6.48. The molecule has 0 spiro atoms. The third kappa shape index (κ3) is 4.65. The van der Waals surface area contributed by atoms with Crippen molar-refractivity contribution in [2.45, 2.75) is 32.9 Å². The van der Waals surface area contributed by atoms with Crippen LogP contribution >= 0.6 is 11.6 Å². The Hall–Kier alpha value is -1.86. The number of nitrogens with zero attached hydrogens (tertiary/aromatic N) is 3. The van der Waals surface area contributed by atoms with Crippen LogP contribution in [0.2, 0.25) is 5.02 Å². The number of halogens is 1. The van der Waals surface area contributed by atoms with E-state index in [2.05, 4.69) is 20.2 Å². The predicted molar refractivity (Wildman–Crippen MR) is 106 cm³/mol. The largest absolute Gasteiger partial charge is 0.366 e. The van der Waals surface area contributed by atoms with Gasteiger partial charge in [0.15, 0.2) is 9.84 Å². The Bertz CT molecular complexity index is 871. The number of aromatic nitrogens is 2. The quantitative estimate of drug-likeness (QED) is 0.811. The molecule has 3 rings (SSSR count). The molecule has 1 saturated heterocycles. The van der Waals surface area contributed by atoms with Crippen molar-refractivity contribution < 1.29 is 8.42 Å². The third-order valence-electron chi connectivity index (χ3n) is 4.50. The minimum Gasteiger partial charge on any atom is -0.366 e. The molecule has 1 aromatic heterocycles. The number of rotatable bonds is 6. The smallest absolute Gasteiger partial charge is 0.152 e. The van der Waals surface area contributed by atoms with Gasteiger partial charge in [0.1, 0.15) is 17.5 Å². The monoisotopic (exact) mass is 394 g/mol. The molecular formula is C18H23ClN4O2S. The van der Waals surface area contributed by atoms with Crippen molar-refractivity contribution in [1.82, 2.24) is 9.97 Å². The number of hydrogen-bond donors (Lipinski definition) is 1. The van der Waals surface area contributed by atoms with E-state index >= 15 is 0 Å². The molecule has 1 fully saturated rings. The van der Waals surface area contributed by atoms with Gasteiger partial charge < -0.3 is 10.2 Å². The zero-order chi connectivity index (χ0) is 18.7. The summed E-state index contributed by atoms with van der Waals surface area (Å²) in [7, 11) is -2.94. The van der Waals surface area contributed by atoms with Crippen LogP contribution in [0, 0.1) is 6.92 Å². The van der Waals surface area contributed by atoms with Crippen LogP contribution in [-0.4, -0.2) is 42.5 Å². The summed E-state index contributed by atoms with van der Waals surface area (Å²) in [6.45, 7) is 5.18. The van der Waals surface area contributed by atoms with E-state index in [9.17, 15) is 8.42 Å². The number of aryl methyl sites for hydroxylation is 1. The molecule has 1 aromatic carbocycles. The molecule has 0 saturated carbocycles. The van der Waals surface area contributed by atoms with E-state index in [0.29, 0.717) is 30.4 Å². The molecule has 6 nitrogen and oxygen atoms in total. The minimum atomic E-state index is -2.94. The zero-order valence-corrected chi connectivity index (χ0v) is 16.5. The summed E-state index contributed by atoms with van der Waals surface area (Å²) in [6, 6.07) is 9.50. The van der Waals surface area contributed by atoms with Crippen molar-refractivity contribution in [1.29, 1.82) is 0 Å². The van der Waals surface area contributed by atoms with Gasteiger partial charge in [0, 0.05) is 30.2 Å². The molecule has 1 atom stereocenters. The number of sulfone groups is 1. The summed E-state index contributed by atoms with van der Waals surface area (Å²) < 4.78 is 23.7. The highest BCUT2D eigenvalue weighted by molar-refractivity contribution is 7.91. The van der Waals surface area contributed by atoms with Crippen LogP contribution in [0.5, 0.6) is 0 Å². The van der Waals surface area contributed by atoms with E-state index in [-0.39, 0.29) is 17.5 Å². The van der Waals surface area contributed by atoms with Gasteiger partial charge in [-0.1, -0.05) is 23.7 Å². The van der Waals surface area contributed by atoms with Gasteiger partial charge in [-0.2, -0.15) is 0 Å². The number of benzene rings is 1. The van der Waals surface area contributed by atoms with Crippen LogP contribution in [0.25, 0.3) is 0 Å².